The number of rotatable bonds is 10. The van der Waals surface area contributed by atoms with Crippen molar-refractivity contribution >= 4 is 5.71 Å². The largest absolute Gasteiger partial charge is 0.491 e. The van der Waals surface area contributed by atoms with Gasteiger partial charge in [0.1, 0.15) is 30.4 Å². The predicted octanol–water partition coefficient (Wildman–Crippen LogP) is 4.57. The van der Waals surface area contributed by atoms with Gasteiger partial charge in [-0.15, -0.1) is 0 Å². The zero-order chi connectivity index (χ0) is 23.0. The number of aliphatic hydroxyl groups is 1. The molecule has 0 amide bonds. The Morgan fingerprint density at radius 3 is 2.58 bits per heavy atom. The van der Waals surface area contributed by atoms with E-state index in [-0.39, 0.29) is 18.5 Å². The zero-order valence-corrected chi connectivity index (χ0v) is 18.7. The van der Waals surface area contributed by atoms with E-state index in [2.05, 4.69) is 5.16 Å². The Hall–Kier alpha value is -3.22. The van der Waals surface area contributed by atoms with Gasteiger partial charge in [-0.1, -0.05) is 71.9 Å². The Morgan fingerprint density at radius 1 is 1.06 bits per heavy atom. The highest BCUT2D eigenvalue weighted by molar-refractivity contribution is 6.01. The lowest BCUT2D eigenvalue weighted by Gasteiger charge is -2.27. The highest BCUT2D eigenvalue weighted by Crippen LogP contribution is 2.20. The third kappa shape index (κ3) is 6.40. The van der Waals surface area contributed by atoms with Crippen LogP contribution < -0.4 is 4.74 Å². The monoisotopic (exact) mass is 448 g/mol. The highest BCUT2D eigenvalue weighted by Gasteiger charge is 2.26. The minimum Gasteiger partial charge on any atom is -0.491 e. The third-order valence-corrected chi connectivity index (χ3v) is 5.65. The van der Waals surface area contributed by atoms with E-state index in [1.807, 2.05) is 72.5 Å². The molecule has 3 aromatic carbocycles. The van der Waals surface area contributed by atoms with E-state index in [4.69, 9.17) is 9.57 Å². The number of aryl methyl sites for hydroxylation is 1. The first kappa shape index (κ1) is 23.0. The second-order valence-corrected chi connectivity index (χ2v) is 8.35. The molecule has 0 spiro atoms. The number of hydrogen-bond acceptors (Lipinski definition) is 5. The van der Waals surface area contributed by atoms with Gasteiger partial charge in [0.15, 0.2) is 0 Å². The summed E-state index contributed by atoms with van der Waals surface area (Å²) in [7, 11) is 0. The Kier molecular flexibility index (Phi) is 7.70. The van der Waals surface area contributed by atoms with Crippen molar-refractivity contribution in [2.75, 3.05) is 19.7 Å². The van der Waals surface area contributed by atoms with Crippen molar-refractivity contribution in [3.63, 3.8) is 0 Å². The van der Waals surface area contributed by atoms with E-state index in [9.17, 15) is 9.50 Å². The molecule has 0 saturated heterocycles. The van der Waals surface area contributed by atoms with E-state index in [1.165, 1.54) is 6.07 Å². The zero-order valence-electron chi connectivity index (χ0n) is 18.7. The van der Waals surface area contributed by atoms with Gasteiger partial charge in [0.25, 0.3) is 0 Å². The van der Waals surface area contributed by atoms with Gasteiger partial charge in [-0.05, 0) is 30.2 Å². The van der Waals surface area contributed by atoms with Gasteiger partial charge in [0.2, 0.25) is 0 Å². The summed E-state index contributed by atoms with van der Waals surface area (Å²) in [5, 5.41) is 15.0. The van der Waals surface area contributed by atoms with Crippen LogP contribution in [0.2, 0.25) is 0 Å². The van der Waals surface area contributed by atoms with Crippen molar-refractivity contribution in [3.05, 3.63) is 101 Å². The molecule has 0 aliphatic carbocycles. The molecule has 0 bridgehead atoms. The molecule has 0 saturated carbocycles. The van der Waals surface area contributed by atoms with Crippen molar-refractivity contribution in [2.45, 2.75) is 32.1 Å². The summed E-state index contributed by atoms with van der Waals surface area (Å²) in [6.07, 6.45) is -0.253. The highest BCUT2D eigenvalue weighted by atomic mass is 19.1. The summed E-state index contributed by atoms with van der Waals surface area (Å²) in [5.41, 5.74) is 3.52. The summed E-state index contributed by atoms with van der Waals surface area (Å²) in [5.74, 6) is 0.485. The molecule has 2 atom stereocenters. The SMILES string of the molecule is Cc1ccccc1OC[C@@H](O)CN(Cc1ccccc1F)C[C@@H]1CC(c2ccccc2)=NO1. The first-order chi connectivity index (χ1) is 16.1. The normalized spacial score (nSPS) is 16.4. The number of para-hydroxylation sites is 1. The van der Waals surface area contributed by atoms with Crippen LogP contribution in [0.4, 0.5) is 4.39 Å². The minimum atomic E-state index is -0.743. The average Bonchev–Trinajstić information content (AvgIpc) is 3.29. The van der Waals surface area contributed by atoms with Gasteiger partial charge < -0.3 is 14.7 Å². The lowest BCUT2D eigenvalue weighted by atomic mass is 10.0. The van der Waals surface area contributed by atoms with Gasteiger partial charge in [0, 0.05) is 31.6 Å². The average molecular weight is 449 g/mol. The van der Waals surface area contributed by atoms with Gasteiger partial charge >= 0.3 is 0 Å². The molecule has 4 rings (SSSR count). The number of halogens is 1. The van der Waals surface area contributed by atoms with Gasteiger partial charge in [-0.25, -0.2) is 4.39 Å². The van der Waals surface area contributed by atoms with Crippen molar-refractivity contribution in [2.24, 2.45) is 5.16 Å². The van der Waals surface area contributed by atoms with Gasteiger partial charge in [-0.2, -0.15) is 0 Å². The Labute approximate surface area is 194 Å². The Bertz CT molecular complexity index is 1070. The molecule has 33 heavy (non-hydrogen) atoms. The van der Waals surface area contributed by atoms with Crippen molar-refractivity contribution in [3.8, 4) is 5.75 Å². The molecule has 5 nitrogen and oxygen atoms in total. The van der Waals surface area contributed by atoms with E-state index in [0.29, 0.717) is 31.6 Å². The van der Waals surface area contributed by atoms with Crippen LogP contribution in [0, 0.1) is 12.7 Å². The molecule has 1 N–H and O–H groups in total. The standard InChI is InChI=1S/C27H29FN2O3/c1-20-9-5-8-14-27(20)32-19-23(31)17-30(16-22-12-6-7-13-25(22)28)18-24-15-26(29-33-24)21-10-3-2-4-11-21/h2-14,23-24,31H,15-19H2,1H3/t23-,24-/m0/s1. The van der Waals surface area contributed by atoms with E-state index < -0.39 is 6.10 Å². The van der Waals surface area contributed by atoms with E-state index in [0.717, 1.165) is 22.6 Å². The third-order valence-electron chi connectivity index (χ3n) is 5.65. The second kappa shape index (κ2) is 11.1. The van der Waals surface area contributed by atoms with Crippen LogP contribution in [0.25, 0.3) is 0 Å². The molecule has 172 valence electrons. The van der Waals surface area contributed by atoms with Crippen LogP contribution >= 0.6 is 0 Å². The fraction of sp³-hybridized carbons (Fsp3) is 0.296. The number of oxime groups is 1. The van der Waals surface area contributed by atoms with Crippen LogP contribution in [0.3, 0.4) is 0 Å². The quantitative estimate of drug-likeness (QED) is 0.494. The fourth-order valence-corrected chi connectivity index (χ4v) is 3.94. The van der Waals surface area contributed by atoms with Crippen LogP contribution in [0.15, 0.2) is 84.0 Å². The van der Waals surface area contributed by atoms with E-state index >= 15 is 0 Å². The molecular formula is C27H29FN2O3. The smallest absolute Gasteiger partial charge is 0.145 e. The molecule has 6 heteroatoms. The molecule has 0 radical (unpaired) electrons. The van der Waals surface area contributed by atoms with Crippen molar-refractivity contribution < 1.29 is 19.1 Å². The van der Waals surface area contributed by atoms with Crippen LogP contribution in [0.1, 0.15) is 23.1 Å². The Balaban J connectivity index is 1.39. The molecule has 1 heterocycles. The second-order valence-electron chi connectivity index (χ2n) is 8.35. The summed E-state index contributed by atoms with van der Waals surface area (Å²) in [6.45, 7) is 3.30. The van der Waals surface area contributed by atoms with Crippen LogP contribution in [-0.4, -0.2) is 47.6 Å². The summed E-state index contributed by atoms with van der Waals surface area (Å²) >= 11 is 0. The van der Waals surface area contributed by atoms with Gasteiger partial charge in [0.05, 0.1) is 5.71 Å². The maximum atomic E-state index is 14.3. The van der Waals surface area contributed by atoms with E-state index in [1.54, 1.807) is 12.1 Å². The van der Waals surface area contributed by atoms with Gasteiger partial charge in [-0.3, -0.25) is 4.90 Å². The maximum absolute atomic E-state index is 14.3. The summed E-state index contributed by atoms with van der Waals surface area (Å²) in [4.78, 5) is 7.68. The molecule has 0 fully saturated rings. The first-order valence-corrected chi connectivity index (χ1v) is 11.2. The first-order valence-electron chi connectivity index (χ1n) is 11.2. The van der Waals surface area contributed by atoms with Crippen molar-refractivity contribution in [1.82, 2.24) is 4.90 Å². The lowest BCUT2D eigenvalue weighted by Crippen LogP contribution is -2.40. The topological polar surface area (TPSA) is 54.3 Å². The maximum Gasteiger partial charge on any atom is 0.145 e. The van der Waals surface area contributed by atoms with Crippen molar-refractivity contribution in [1.29, 1.82) is 0 Å². The molecule has 0 aromatic heterocycles. The summed E-state index contributed by atoms with van der Waals surface area (Å²) < 4.78 is 20.1. The molecule has 1 aliphatic rings. The van der Waals surface area contributed by atoms with Crippen LogP contribution in [-0.2, 0) is 11.4 Å². The number of hydrogen-bond donors (Lipinski definition) is 1. The summed E-state index contributed by atoms with van der Waals surface area (Å²) in [6, 6.07) is 24.3. The molecular weight excluding hydrogens is 419 g/mol. The molecule has 1 aliphatic heterocycles. The number of nitrogens with zero attached hydrogens (tertiary/aromatic N) is 2. The minimum absolute atomic E-state index is 0.149. The lowest BCUT2D eigenvalue weighted by molar-refractivity contribution is 0.0209. The molecule has 3 aromatic rings. The predicted molar refractivity (Wildman–Crippen MR) is 127 cm³/mol. The number of ether oxygens (including phenoxy) is 1. The number of aliphatic hydroxyl groups excluding tert-OH is 1. The molecule has 0 unspecified atom stereocenters. The Morgan fingerprint density at radius 2 is 1.79 bits per heavy atom. The fourth-order valence-electron chi connectivity index (χ4n) is 3.94. The number of benzene rings is 3. The van der Waals surface area contributed by atoms with Crippen LogP contribution in [0.5, 0.6) is 5.75 Å².